The molecule has 0 aliphatic carbocycles. The van der Waals surface area contributed by atoms with Crippen LogP contribution in [-0.4, -0.2) is 6.99 Å². The molecule has 0 unspecified atom stereocenters. The van der Waals surface area contributed by atoms with Crippen LogP contribution in [0.4, 0.5) is 39.4 Å². The van der Waals surface area contributed by atoms with Crippen molar-refractivity contribution in [3.63, 3.8) is 0 Å². The molecule has 0 heterocycles. The summed E-state index contributed by atoms with van der Waals surface area (Å²) in [6.45, 7) is -2.25. The summed E-state index contributed by atoms with van der Waals surface area (Å²) < 4.78 is 123. The molecule has 2 aromatic carbocycles. The molecule has 0 aliphatic rings. The summed E-state index contributed by atoms with van der Waals surface area (Å²) in [4.78, 5) is 0. The van der Waals surface area contributed by atoms with Gasteiger partial charge in [-0.25, -0.2) is 35.1 Å². The van der Waals surface area contributed by atoms with Gasteiger partial charge in [-0.05, 0) is 13.8 Å². The monoisotopic (exact) mass is 356 g/mol. The average Bonchev–Trinajstić information content (AvgIpc) is 2.55. The zero-order valence-corrected chi connectivity index (χ0v) is 12.0. The van der Waals surface area contributed by atoms with Crippen molar-refractivity contribution in [2.24, 2.45) is 0 Å². The van der Waals surface area contributed by atoms with Crippen LogP contribution in [0.5, 0.6) is 0 Å². The first-order valence-electron chi connectivity index (χ1n) is 6.31. The molecule has 0 bridgehead atoms. The van der Waals surface area contributed by atoms with Gasteiger partial charge in [-0.1, -0.05) is 0 Å². The lowest BCUT2D eigenvalue weighted by molar-refractivity contribution is 0.448. The second kappa shape index (κ2) is 6.06. The second-order valence-corrected chi connectivity index (χ2v) is 4.95. The summed E-state index contributed by atoms with van der Waals surface area (Å²) >= 11 is 0. The van der Waals surface area contributed by atoms with Gasteiger partial charge in [0.25, 0.3) is 0 Å². The van der Waals surface area contributed by atoms with Gasteiger partial charge in [0.15, 0.2) is 46.5 Å². The highest BCUT2D eigenvalue weighted by Crippen LogP contribution is 2.21. The van der Waals surface area contributed by atoms with Gasteiger partial charge in [0.1, 0.15) is 0 Å². The predicted octanol–water partition coefficient (Wildman–Crippen LogP) is 3.49. The Kier molecular flexibility index (Phi) is 4.60. The molecule has 2 aromatic rings. The van der Waals surface area contributed by atoms with Crippen LogP contribution < -0.4 is 10.9 Å². The summed E-state index contributed by atoms with van der Waals surface area (Å²) in [5, 5.41) is 0. The van der Waals surface area contributed by atoms with Gasteiger partial charge in [0.05, 0.1) is 0 Å². The Morgan fingerprint density at radius 1 is 0.458 bits per heavy atom. The topological polar surface area (TPSA) is 0 Å². The van der Waals surface area contributed by atoms with E-state index >= 15 is 0 Å². The van der Waals surface area contributed by atoms with E-state index in [9.17, 15) is 39.4 Å². The quantitative estimate of drug-likeness (QED) is 0.439. The Balaban J connectivity index is 2.84. The number of halogens is 9. The summed E-state index contributed by atoms with van der Waals surface area (Å²) in [7, 11) is 0. The maximum absolute atomic E-state index is 14.3. The standard InChI is InChI=1S/C14H6BF9/c1-3-7(16)11(20)5(12(21)8(3)17)15(24)6-13(22)9(18)4(2)10(19)14(6)23/h1-2H3. The lowest BCUT2D eigenvalue weighted by Crippen LogP contribution is -2.47. The van der Waals surface area contributed by atoms with Gasteiger partial charge < -0.3 is 4.32 Å². The Morgan fingerprint density at radius 2 is 0.667 bits per heavy atom. The summed E-state index contributed by atoms with van der Waals surface area (Å²) in [5.74, 6) is -17.1. The molecule has 0 N–H and O–H groups in total. The van der Waals surface area contributed by atoms with E-state index in [0.717, 1.165) is 0 Å². The van der Waals surface area contributed by atoms with E-state index < -0.39 is 75.6 Å². The molecule has 10 heteroatoms. The smallest absolute Gasteiger partial charge is 0.322 e. The molecule has 0 aromatic heterocycles. The first-order chi connectivity index (χ1) is 11.0. The third-order valence-corrected chi connectivity index (χ3v) is 3.54. The van der Waals surface area contributed by atoms with Crippen molar-refractivity contribution in [1.29, 1.82) is 0 Å². The maximum atomic E-state index is 14.3. The molecule has 0 nitrogen and oxygen atoms in total. The minimum Gasteiger partial charge on any atom is -0.322 e. The van der Waals surface area contributed by atoms with E-state index in [4.69, 9.17) is 0 Å². The normalized spacial score (nSPS) is 11.1. The molecule has 0 amide bonds. The van der Waals surface area contributed by atoms with Crippen molar-refractivity contribution < 1.29 is 39.4 Å². The molecule has 2 rings (SSSR count). The third kappa shape index (κ3) is 2.44. The minimum absolute atomic E-state index is 0.639. The lowest BCUT2D eigenvalue weighted by atomic mass is 9.57. The highest BCUT2D eigenvalue weighted by atomic mass is 19.2. The Labute approximate surface area is 130 Å². The molecule has 0 saturated heterocycles. The van der Waals surface area contributed by atoms with Crippen LogP contribution in [0.15, 0.2) is 0 Å². The highest BCUT2D eigenvalue weighted by molar-refractivity contribution is 6.79. The van der Waals surface area contributed by atoms with Crippen LogP contribution in [-0.2, 0) is 0 Å². The highest BCUT2D eigenvalue weighted by Gasteiger charge is 2.39. The molecule has 0 radical (unpaired) electrons. The van der Waals surface area contributed by atoms with Crippen LogP contribution in [0.2, 0.25) is 0 Å². The van der Waals surface area contributed by atoms with Gasteiger partial charge >= 0.3 is 6.99 Å². The Morgan fingerprint density at radius 3 is 0.875 bits per heavy atom. The first kappa shape index (κ1) is 18.2. The molecule has 0 spiro atoms. The number of hydrogen-bond acceptors (Lipinski definition) is 0. The van der Waals surface area contributed by atoms with E-state index in [1.54, 1.807) is 0 Å². The fourth-order valence-corrected chi connectivity index (χ4v) is 2.11. The van der Waals surface area contributed by atoms with Crippen LogP contribution >= 0.6 is 0 Å². The van der Waals surface area contributed by atoms with E-state index in [-0.39, 0.29) is 0 Å². The lowest BCUT2D eigenvalue weighted by Gasteiger charge is -2.14. The number of hydrogen-bond donors (Lipinski definition) is 0. The fraction of sp³-hybridized carbons (Fsp3) is 0.143. The van der Waals surface area contributed by atoms with Gasteiger partial charge in [0, 0.05) is 22.1 Å². The van der Waals surface area contributed by atoms with Crippen molar-refractivity contribution >= 4 is 17.9 Å². The Hall–Kier alpha value is -2.13. The first-order valence-corrected chi connectivity index (χ1v) is 6.31. The molecule has 0 fully saturated rings. The SMILES string of the molecule is Cc1c(F)c(F)c(B(F)c2c(F)c(F)c(C)c(F)c2F)c(F)c1F. The largest absolute Gasteiger partial charge is 0.425 e. The van der Waals surface area contributed by atoms with Crippen LogP contribution in [0.3, 0.4) is 0 Å². The zero-order chi connectivity index (χ0) is 18.5. The van der Waals surface area contributed by atoms with Gasteiger partial charge in [-0.3, -0.25) is 0 Å². The predicted molar refractivity (Wildman–Crippen MR) is 68.2 cm³/mol. The molecular weight excluding hydrogens is 350 g/mol. The maximum Gasteiger partial charge on any atom is 0.425 e. The average molecular weight is 356 g/mol. The van der Waals surface area contributed by atoms with Gasteiger partial charge in [-0.2, -0.15) is 0 Å². The zero-order valence-electron chi connectivity index (χ0n) is 12.0. The minimum atomic E-state index is -3.53. The third-order valence-electron chi connectivity index (χ3n) is 3.54. The van der Waals surface area contributed by atoms with Gasteiger partial charge in [-0.15, -0.1) is 0 Å². The van der Waals surface area contributed by atoms with Crippen molar-refractivity contribution in [3.05, 3.63) is 57.7 Å². The second-order valence-electron chi connectivity index (χ2n) is 4.95. The van der Waals surface area contributed by atoms with Crippen LogP contribution in [0, 0.1) is 60.4 Å². The molecule has 0 atom stereocenters. The summed E-state index contributed by atoms with van der Waals surface area (Å²) in [6.07, 6.45) is 0. The van der Waals surface area contributed by atoms with Crippen LogP contribution in [0.1, 0.15) is 11.1 Å². The summed E-state index contributed by atoms with van der Waals surface area (Å²) in [6, 6.07) is 0. The molecule has 24 heavy (non-hydrogen) atoms. The van der Waals surface area contributed by atoms with Gasteiger partial charge in [0.2, 0.25) is 0 Å². The van der Waals surface area contributed by atoms with Crippen molar-refractivity contribution in [3.8, 4) is 0 Å². The van der Waals surface area contributed by atoms with Crippen LogP contribution in [0.25, 0.3) is 0 Å². The molecule has 128 valence electrons. The van der Waals surface area contributed by atoms with E-state index in [1.165, 1.54) is 0 Å². The van der Waals surface area contributed by atoms with E-state index in [1.807, 2.05) is 0 Å². The number of benzene rings is 2. The van der Waals surface area contributed by atoms with Crippen molar-refractivity contribution in [2.45, 2.75) is 13.8 Å². The van der Waals surface area contributed by atoms with E-state index in [2.05, 4.69) is 0 Å². The van der Waals surface area contributed by atoms with E-state index in [0.29, 0.717) is 13.8 Å². The molecular formula is C14H6BF9. The molecule has 0 saturated carbocycles. The van der Waals surface area contributed by atoms with Crippen molar-refractivity contribution in [2.75, 3.05) is 0 Å². The fourth-order valence-electron chi connectivity index (χ4n) is 2.11. The van der Waals surface area contributed by atoms with Crippen molar-refractivity contribution in [1.82, 2.24) is 0 Å². The Bertz CT molecular complexity index is 720. The number of rotatable bonds is 2. The summed E-state index contributed by atoms with van der Waals surface area (Å²) in [5.41, 5.74) is -6.33. The molecule has 0 aliphatic heterocycles.